The van der Waals surface area contributed by atoms with Crippen LogP contribution in [-0.2, 0) is 11.4 Å². The van der Waals surface area contributed by atoms with Crippen molar-refractivity contribution in [3.05, 3.63) is 68.0 Å². The number of thioether (sulfide) groups is 1. The zero-order chi connectivity index (χ0) is 17.1. The van der Waals surface area contributed by atoms with Gasteiger partial charge in [-0.2, -0.15) is 4.99 Å². The first-order chi connectivity index (χ1) is 11.5. The highest BCUT2D eigenvalue weighted by atomic mass is 79.9. The Balaban J connectivity index is 1.82. The largest absolute Gasteiger partial charge is 0.488 e. The van der Waals surface area contributed by atoms with Crippen LogP contribution in [0.15, 0.2) is 56.8 Å². The van der Waals surface area contributed by atoms with Crippen LogP contribution in [0.4, 0.5) is 0 Å². The number of nitrogens with two attached hydrogens (primary N) is 1. The molecule has 24 heavy (non-hydrogen) atoms. The number of nitrogens with zero attached hydrogens (tertiary/aromatic N) is 1. The number of hydrogen-bond acceptors (Lipinski definition) is 4. The number of carbonyl (C=O) groups excluding carboxylic acids is 1. The highest BCUT2D eigenvalue weighted by Crippen LogP contribution is 2.31. The molecular formula is C17H12BrClN2O2S. The number of rotatable bonds is 4. The predicted molar refractivity (Wildman–Crippen MR) is 102 cm³/mol. The molecule has 1 amide bonds. The summed E-state index contributed by atoms with van der Waals surface area (Å²) >= 11 is 10.5. The van der Waals surface area contributed by atoms with Crippen LogP contribution in [0.2, 0.25) is 5.02 Å². The van der Waals surface area contributed by atoms with Crippen molar-refractivity contribution >= 4 is 56.4 Å². The molecule has 2 aromatic rings. The lowest BCUT2D eigenvalue weighted by Crippen LogP contribution is -2.01. The Morgan fingerprint density at radius 3 is 2.67 bits per heavy atom. The van der Waals surface area contributed by atoms with Gasteiger partial charge in [0.25, 0.3) is 5.91 Å². The van der Waals surface area contributed by atoms with Gasteiger partial charge in [-0.25, -0.2) is 0 Å². The van der Waals surface area contributed by atoms with E-state index >= 15 is 0 Å². The molecule has 3 rings (SSSR count). The second-order valence-corrected chi connectivity index (χ2v) is 7.38. The molecule has 7 heteroatoms. The van der Waals surface area contributed by atoms with E-state index in [2.05, 4.69) is 20.9 Å². The summed E-state index contributed by atoms with van der Waals surface area (Å²) in [6.07, 6.45) is 1.73. The van der Waals surface area contributed by atoms with Crippen molar-refractivity contribution in [1.82, 2.24) is 0 Å². The first-order valence-electron chi connectivity index (χ1n) is 6.96. The molecule has 1 heterocycles. The molecule has 0 radical (unpaired) electrons. The van der Waals surface area contributed by atoms with Crippen LogP contribution in [0, 0.1) is 0 Å². The van der Waals surface area contributed by atoms with Crippen LogP contribution in [-0.4, -0.2) is 11.1 Å². The fourth-order valence-corrected chi connectivity index (χ4v) is 3.25. The van der Waals surface area contributed by atoms with Crippen LogP contribution < -0.4 is 10.5 Å². The number of amides is 1. The third kappa shape index (κ3) is 4.20. The van der Waals surface area contributed by atoms with E-state index in [1.165, 1.54) is 0 Å². The van der Waals surface area contributed by atoms with E-state index < -0.39 is 0 Å². The lowest BCUT2D eigenvalue weighted by molar-refractivity contribution is -0.113. The third-order valence-corrected chi connectivity index (χ3v) is 4.76. The number of amidine groups is 1. The third-order valence-electron chi connectivity index (χ3n) is 3.20. The van der Waals surface area contributed by atoms with E-state index in [1.54, 1.807) is 6.08 Å². The average Bonchev–Trinajstić information content (AvgIpc) is 2.86. The summed E-state index contributed by atoms with van der Waals surface area (Å²) in [5, 5.41) is 0.937. The fraction of sp³-hybridized carbons (Fsp3) is 0.0588. The van der Waals surface area contributed by atoms with Gasteiger partial charge in [0.05, 0.1) is 4.91 Å². The van der Waals surface area contributed by atoms with Crippen LogP contribution in [0.3, 0.4) is 0 Å². The molecular weight excluding hydrogens is 412 g/mol. The number of hydrogen-bond donors (Lipinski definition) is 1. The highest BCUT2D eigenvalue weighted by Gasteiger charge is 2.20. The Labute approximate surface area is 156 Å². The van der Waals surface area contributed by atoms with Crippen LogP contribution in [0.25, 0.3) is 6.08 Å². The average molecular weight is 424 g/mol. The van der Waals surface area contributed by atoms with Crippen molar-refractivity contribution in [2.45, 2.75) is 6.61 Å². The number of carbonyl (C=O) groups is 1. The van der Waals surface area contributed by atoms with Gasteiger partial charge in [-0.3, -0.25) is 4.79 Å². The van der Waals surface area contributed by atoms with E-state index in [0.717, 1.165) is 27.4 Å². The minimum absolute atomic E-state index is 0.255. The van der Waals surface area contributed by atoms with Gasteiger partial charge in [0.15, 0.2) is 5.17 Å². The molecule has 4 nitrogen and oxygen atoms in total. The molecule has 0 spiro atoms. The molecule has 1 aliphatic heterocycles. The van der Waals surface area contributed by atoms with Gasteiger partial charge < -0.3 is 10.5 Å². The van der Waals surface area contributed by atoms with Gasteiger partial charge in [0.1, 0.15) is 12.4 Å². The first kappa shape index (κ1) is 17.1. The molecule has 0 bridgehead atoms. The van der Waals surface area contributed by atoms with Gasteiger partial charge in [-0.05, 0) is 53.7 Å². The van der Waals surface area contributed by atoms with E-state index in [9.17, 15) is 4.79 Å². The van der Waals surface area contributed by atoms with E-state index in [0.29, 0.717) is 22.3 Å². The van der Waals surface area contributed by atoms with Crippen molar-refractivity contribution in [2.75, 3.05) is 0 Å². The Bertz CT molecular complexity index is 850. The number of aliphatic imine (C=N–C) groups is 1. The van der Waals surface area contributed by atoms with E-state index in [1.807, 2.05) is 42.5 Å². The maximum Gasteiger partial charge on any atom is 0.286 e. The fourth-order valence-electron chi connectivity index (χ4n) is 2.07. The summed E-state index contributed by atoms with van der Waals surface area (Å²) in [7, 11) is 0. The molecule has 2 aromatic carbocycles. The van der Waals surface area contributed by atoms with Gasteiger partial charge in [-0.1, -0.05) is 39.7 Å². The van der Waals surface area contributed by atoms with Gasteiger partial charge in [0.2, 0.25) is 0 Å². The molecule has 0 saturated carbocycles. The Morgan fingerprint density at radius 2 is 2.00 bits per heavy atom. The van der Waals surface area contributed by atoms with Crippen molar-refractivity contribution in [2.24, 2.45) is 10.7 Å². The zero-order valence-electron chi connectivity index (χ0n) is 12.3. The van der Waals surface area contributed by atoms with Crippen LogP contribution in [0.1, 0.15) is 11.1 Å². The Morgan fingerprint density at radius 1 is 1.25 bits per heavy atom. The van der Waals surface area contributed by atoms with Gasteiger partial charge in [-0.15, -0.1) is 0 Å². The minimum atomic E-state index is -0.332. The zero-order valence-corrected chi connectivity index (χ0v) is 15.5. The van der Waals surface area contributed by atoms with Crippen LogP contribution >= 0.6 is 39.3 Å². The summed E-state index contributed by atoms with van der Waals surface area (Å²) in [5.74, 6) is 0.334. The SMILES string of the molecule is NC1=NC(=O)/C(=C/c2cc(Br)ccc2OCc2ccc(Cl)cc2)S1. The molecule has 0 saturated heterocycles. The summed E-state index contributed by atoms with van der Waals surface area (Å²) in [4.78, 5) is 16.0. The number of halogens is 2. The molecule has 0 unspecified atom stereocenters. The molecule has 0 aliphatic carbocycles. The van der Waals surface area contributed by atoms with E-state index in [-0.39, 0.29) is 11.1 Å². The van der Waals surface area contributed by atoms with Crippen LogP contribution in [0.5, 0.6) is 5.75 Å². The van der Waals surface area contributed by atoms with Crippen molar-refractivity contribution in [3.63, 3.8) is 0 Å². The topological polar surface area (TPSA) is 64.7 Å². The van der Waals surface area contributed by atoms with Gasteiger partial charge in [0, 0.05) is 15.1 Å². The lowest BCUT2D eigenvalue weighted by Gasteiger charge is -2.10. The monoisotopic (exact) mass is 422 g/mol. The highest BCUT2D eigenvalue weighted by molar-refractivity contribution is 9.10. The smallest absolute Gasteiger partial charge is 0.286 e. The molecule has 1 aliphatic rings. The maximum atomic E-state index is 11.8. The summed E-state index contributed by atoms with van der Waals surface area (Å²) < 4.78 is 6.78. The Hall–Kier alpha value is -1.76. The molecule has 2 N–H and O–H groups in total. The van der Waals surface area contributed by atoms with Crippen molar-refractivity contribution < 1.29 is 9.53 Å². The molecule has 122 valence electrons. The summed E-state index contributed by atoms with van der Waals surface area (Å²) in [6.45, 7) is 0.398. The number of benzene rings is 2. The Kier molecular flexibility index (Phi) is 5.28. The number of ether oxygens (including phenoxy) is 1. The molecule has 0 fully saturated rings. The quantitative estimate of drug-likeness (QED) is 0.729. The first-order valence-corrected chi connectivity index (χ1v) is 8.95. The second kappa shape index (κ2) is 7.42. The second-order valence-electron chi connectivity index (χ2n) is 4.96. The summed E-state index contributed by atoms with van der Waals surface area (Å²) in [6, 6.07) is 13.1. The lowest BCUT2D eigenvalue weighted by atomic mass is 10.2. The normalized spacial score (nSPS) is 15.7. The van der Waals surface area contributed by atoms with E-state index in [4.69, 9.17) is 22.1 Å². The maximum absolute atomic E-state index is 11.8. The predicted octanol–water partition coefficient (Wildman–Crippen LogP) is 4.61. The molecule has 0 aromatic heterocycles. The van der Waals surface area contributed by atoms with Crippen molar-refractivity contribution in [1.29, 1.82) is 0 Å². The summed E-state index contributed by atoms with van der Waals surface area (Å²) in [5.41, 5.74) is 7.36. The van der Waals surface area contributed by atoms with Crippen molar-refractivity contribution in [3.8, 4) is 5.75 Å². The standard InChI is InChI=1S/C17H12BrClN2O2S/c18-12-3-6-14(23-9-10-1-4-13(19)5-2-10)11(7-12)8-15-16(22)21-17(20)24-15/h1-8H,9H2,(H2,20,21,22)/b15-8-. The molecule has 0 atom stereocenters. The van der Waals surface area contributed by atoms with Gasteiger partial charge >= 0.3 is 0 Å². The minimum Gasteiger partial charge on any atom is -0.488 e.